The van der Waals surface area contributed by atoms with Gasteiger partial charge in [-0.05, 0) is 55.1 Å². The maximum absolute atomic E-state index is 5.22. The molecule has 0 fully saturated rings. The van der Waals surface area contributed by atoms with E-state index in [1.54, 1.807) is 7.11 Å². The minimum Gasteiger partial charge on any atom is -0.497 e. The van der Waals surface area contributed by atoms with Gasteiger partial charge in [0.25, 0.3) is 0 Å². The first-order valence-electron chi connectivity index (χ1n) is 7.69. The van der Waals surface area contributed by atoms with Crippen LogP contribution in [-0.4, -0.2) is 20.2 Å². The van der Waals surface area contributed by atoms with Crippen LogP contribution < -0.4 is 10.1 Å². The molecule has 21 heavy (non-hydrogen) atoms. The van der Waals surface area contributed by atoms with Crippen LogP contribution in [0.5, 0.6) is 5.75 Å². The molecule has 1 N–H and O–H groups in total. The highest BCUT2D eigenvalue weighted by molar-refractivity contribution is 5.27. The van der Waals surface area contributed by atoms with Crippen LogP contribution in [0.25, 0.3) is 0 Å². The summed E-state index contributed by atoms with van der Waals surface area (Å²) < 4.78 is 5.22. The molecular formula is C19H25NO. The number of rotatable bonds is 8. The third-order valence-corrected chi connectivity index (χ3v) is 3.73. The van der Waals surface area contributed by atoms with Gasteiger partial charge in [0, 0.05) is 0 Å². The normalized spacial score (nSPS) is 12.1. The average Bonchev–Trinajstić information content (AvgIpc) is 2.54. The molecule has 0 bridgehead atoms. The summed E-state index contributed by atoms with van der Waals surface area (Å²) in [5.74, 6) is 1.53. The van der Waals surface area contributed by atoms with E-state index in [2.05, 4.69) is 54.7 Å². The zero-order chi connectivity index (χ0) is 14.9. The molecule has 0 heterocycles. The standard InChI is InChI=1S/C19H25NO/c1-3-20-15-18(13-16-7-5-4-6-8-16)14-17-9-11-19(21-2)12-10-17/h4-12,18,20H,3,13-15H2,1-2H3. The Bertz CT molecular complexity index is 507. The summed E-state index contributed by atoms with van der Waals surface area (Å²) >= 11 is 0. The van der Waals surface area contributed by atoms with Crippen LogP contribution in [0.2, 0.25) is 0 Å². The minimum atomic E-state index is 0.612. The van der Waals surface area contributed by atoms with E-state index in [9.17, 15) is 0 Å². The summed E-state index contributed by atoms with van der Waals surface area (Å²) in [5, 5.41) is 3.49. The van der Waals surface area contributed by atoms with E-state index in [1.165, 1.54) is 11.1 Å². The van der Waals surface area contributed by atoms with Gasteiger partial charge in [-0.15, -0.1) is 0 Å². The molecule has 0 amide bonds. The van der Waals surface area contributed by atoms with E-state index in [-0.39, 0.29) is 0 Å². The number of nitrogens with one attached hydrogen (secondary N) is 1. The van der Waals surface area contributed by atoms with Crippen LogP contribution in [-0.2, 0) is 12.8 Å². The van der Waals surface area contributed by atoms with E-state index in [0.717, 1.165) is 31.7 Å². The number of ether oxygens (including phenoxy) is 1. The molecule has 0 aliphatic rings. The second-order valence-corrected chi connectivity index (χ2v) is 5.42. The van der Waals surface area contributed by atoms with Gasteiger partial charge in [0.1, 0.15) is 5.75 Å². The third kappa shape index (κ3) is 5.24. The fraction of sp³-hybridized carbons (Fsp3) is 0.368. The van der Waals surface area contributed by atoms with Crippen molar-refractivity contribution in [2.45, 2.75) is 19.8 Å². The van der Waals surface area contributed by atoms with Gasteiger partial charge in [-0.25, -0.2) is 0 Å². The Labute approximate surface area is 128 Å². The van der Waals surface area contributed by atoms with E-state index in [1.807, 2.05) is 12.1 Å². The van der Waals surface area contributed by atoms with Crippen molar-refractivity contribution >= 4 is 0 Å². The van der Waals surface area contributed by atoms with Crippen LogP contribution in [0, 0.1) is 5.92 Å². The van der Waals surface area contributed by atoms with Gasteiger partial charge in [0.15, 0.2) is 0 Å². The Kier molecular flexibility index (Phi) is 6.29. The highest BCUT2D eigenvalue weighted by Crippen LogP contribution is 2.17. The van der Waals surface area contributed by atoms with Gasteiger partial charge >= 0.3 is 0 Å². The summed E-state index contributed by atoms with van der Waals surface area (Å²) in [6.07, 6.45) is 2.20. The second-order valence-electron chi connectivity index (χ2n) is 5.42. The van der Waals surface area contributed by atoms with Crippen LogP contribution in [0.3, 0.4) is 0 Å². The molecule has 2 aromatic rings. The summed E-state index contributed by atoms with van der Waals surface area (Å²) in [7, 11) is 1.71. The van der Waals surface area contributed by atoms with Gasteiger partial charge in [-0.3, -0.25) is 0 Å². The first kappa shape index (κ1) is 15.6. The lowest BCUT2D eigenvalue weighted by atomic mass is 9.92. The highest BCUT2D eigenvalue weighted by Gasteiger charge is 2.10. The molecule has 0 radical (unpaired) electrons. The average molecular weight is 283 g/mol. The van der Waals surface area contributed by atoms with E-state index in [0.29, 0.717) is 5.92 Å². The first-order valence-corrected chi connectivity index (χ1v) is 7.69. The lowest BCUT2D eigenvalue weighted by Gasteiger charge is -2.18. The Morgan fingerprint density at radius 3 is 2.10 bits per heavy atom. The van der Waals surface area contributed by atoms with Gasteiger partial charge in [0.05, 0.1) is 7.11 Å². The molecule has 2 nitrogen and oxygen atoms in total. The first-order chi connectivity index (χ1) is 10.3. The van der Waals surface area contributed by atoms with Crippen molar-refractivity contribution in [2.75, 3.05) is 20.2 Å². The van der Waals surface area contributed by atoms with Crippen molar-refractivity contribution in [3.8, 4) is 5.75 Å². The maximum atomic E-state index is 5.22. The predicted octanol–water partition coefficient (Wildman–Crippen LogP) is 3.71. The molecule has 1 unspecified atom stereocenters. The van der Waals surface area contributed by atoms with Crippen molar-refractivity contribution in [3.63, 3.8) is 0 Å². The fourth-order valence-electron chi connectivity index (χ4n) is 2.61. The molecule has 0 saturated heterocycles. The van der Waals surface area contributed by atoms with Crippen LogP contribution in [0.4, 0.5) is 0 Å². The van der Waals surface area contributed by atoms with Crippen molar-refractivity contribution in [1.29, 1.82) is 0 Å². The SMILES string of the molecule is CCNCC(Cc1ccccc1)Cc1ccc(OC)cc1. The smallest absolute Gasteiger partial charge is 0.118 e. The van der Waals surface area contributed by atoms with Gasteiger partial charge < -0.3 is 10.1 Å². The topological polar surface area (TPSA) is 21.3 Å². The lowest BCUT2D eigenvalue weighted by molar-refractivity contribution is 0.414. The van der Waals surface area contributed by atoms with Crippen molar-refractivity contribution < 1.29 is 4.74 Å². The van der Waals surface area contributed by atoms with Gasteiger partial charge in [-0.1, -0.05) is 49.4 Å². The van der Waals surface area contributed by atoms with E-state index < -0.39 is 0 Å². The Balaban J connectivity index is 2.00. The second kappa shape index (κ2) is 8.48. The van der Waals surface area contributed by atoms with Crippen molar-refractivity contribution in [1.82, 2.24) is 5.32 Å². The molecule has 0 aliphatic carbocycles. The van der Waals surface area contributed by atoms with E-state index >= 15 is 0 Å². The van der Waals surface area contributed by atoms with Gasteiger partial charge in [-0.2, -0.15) is 0 Å². The number of methoxy groups -OCH3 is 1. The number of hydrogen-bond donors (Lipinski definition) is 1. The minimum absolute atomic E-state index is 0.612. The van der Waals surface area contributed by atoms with Gasteiger partial charge in [0.2, 0.25) is 0 Å². The lowest BCUT2D eigenvalue weighted by Crippen LogP contribution is -2.25. The number of benzene rings is 2. The summed E-state index contributed by atoms with van der Waals surface area (Å²) in [5.41, 5.74) is 2.78. The van der Waals surface area contributed by atoms with Crippen LogP contribution in [0.1, 0.15) is 18.1 Å². The molecule has 2 rings (SSSR count). The quantitative estimate of drug-likeness (QED) is 0.797. The van der Waals surface area contributed by atoms with Crippen LogP contribution >= 0.6 is 0 Å². The molecular weight excluding hydrogens is 258 g/mol. The molecule has 0 saturated carbocycles. The monoisotopic (exact) mass is 283 g/mol. The summed E-state index contributed by atoms with van der Waals surface area (Å²) in [6, 6.07) is 19.2. The zero-order valence-corrected chi connectivity index (χ0v) is 13.0. The Hall–Kier alpha value is -1.80. The zero-order valence-electron chi connectivity index (χ0n) is 13.0. The van der Waals surface area contributed by atoms with Crippen LogP contribution in [0.15, 0.2) is 54.6 Å². The molecule has 112 valence electrons. The Morgan fingerprint density at radius 2 is 1.52 bits per heavy atom. The molecule has 1 atom stereocenters. The Morgan fingerprint density at radius 1 is 0.905 bits per heavy atom. The molecule has 0 spiro atoms. The van der Waals surface area contributed by atoms with Crippen molar-refractivity contribution in [2.24, 2.45) is 5.92 Å². The highest BCUT2D eigenvalue weighted by atomic mass is 16.5. The van der Waals surface area contributed by atoms with E-state index in [4.69, 9.17) is 4.74 Å². The molecule has 0 aromatic heterocycles. The summed E-state index contributed by atoms with van der Waals surface area (Å²) in [6.45, 7) is 4.23. The fourth-order valence-corrected chi connectivity index (χ4v) is 2.61. The predicted molar refractivity (Wildman–Crippen MR) is 88.9 cm³/mol. The number of hydrogen-bond acceptors (Lipinski definition) is 2. The van der Waals surface area contributed by atoms with Crippen molar-refractivity contribution in [3.05, 3.63) is 65.7 Å². The summed E-state index contributed by atoms with van der Waals surface area (Å²) in [4.78, 5) is 0. The molecule has 2 aromatic carbocycles. The maximum Gasteiger partial charge on any atom is 0.118 e. The third-order valence-electron chi connectivity index (χ3n) is 3.73. The molecule has 2 heteroatoms. The molecule has 0 aliphatic heterocycles. The largest absolute Gasteiger partial charge is 0.497 e.